The largest absolute Gasteiger partial charge is 0.311 e. The minimum atomic E-state index is -0.386. The summed E-state index contributed by atoms with van der Waals surface area (Å²) in [6.07, 6.45) is 2.55. The van der Waals surface area contributed by atoms with Crippen molar-refractivity contribution in [2.75, 3.05) is 13.6 Å². The lowest BCUT2D eigenvalue weighted by Gasteiger charge is -2.24. The molecule has 2 rings (SSSR count). The van der Waals surface area contributed by atoms with Gasteiger partial charge < -0.3 is 5.32 Å². The summed E-state index contributed by atoms with van der Waals surface area (Å²) in [5.74, 6) is 0. The minimum absolute atomic E-state index is 0.0770. The summed E-state index contributed by atoms with van der Waals surface area (Å²) in [5, 5.41) is 14.7. The van der Waals surface area contributed by atoms with Gasteiger partial charge in [-0.1, -0.05) is 17.7 Å². The third kappa shape index (κ3) is 3.69. The van der Waals surface area contributed by atoms with Crippen LogP contribution in [0.5, 0.6) is 0 Å². The minimum Gasteiger partial charge on any atom is -0.311 e. The van der Waals surface area contributed by atoms with E-state index >= 15 is 0 Å². The second-order valence-electron chi connectivity index (χ2n) is 5.37. The van der Waals surface area contributed by atoms with Gasteiger partial charge in [-0.2, -0.15) is 0 Å². The van der Waals surface area contributed by atoms with E-state index in [1.54, 1.807) is 12.1 Å². The van der Waals surface area contributed by atoms with Crippen molar-refractivity contribution in [2.24, 2.45) is 0 Å². The molecule has 0 radical (unpaired) electrons. The molecule has 6 heteroatoms. The quantitative estimate of drug-likeness (QED) is 0.621. The van der Waals surface area contributed by atoms with E-state index < -0.39 is 0 Å². The first-order valence-corrected chi connectivity index (χ1v) is 7.23. The van der Waals surface area contributed by atoms with E-state index in [4.69, 9.17) is 11.6 Å². The Morgan fingerprint density at radius 3 is 2.85 bits per heavy atom. The summed E-state index contributed by atoms with van der Waals surface area (Å²) < 4.78 is 0. The molecule has 110 valence electrons. The summed E-state index contributed by atoms with van der Waals surface area (Å²) in [7, 11) is 2.13. The van der Waals surface area contributed by atoms with E-state index in [1.165, 1.54) is 18.9 Å². The van der Waals surface area contributed by atoms with Gasteiger partial charge >= 0.3 is 0 Å². The molecule has 0 aliphatic heterocycles. The summed E-state index contributed by atoms with van der Waals surface area (Å²) in [5.41, 5.74) is 0.633. The van der Waals surface area contributed by atoms with Crippen molar-refractivity contribution in [2.45, 2.75) is 38.4 Å². The number of halogens is 1. The summed E-state index contributed by atoms with van der Waals surface area (Å²) >= 11 is 6.06. The highest BCUT2D eigenvalue weighted by Gasteiger charge is 2.28. The molecule has 0 heterocycles. The normalized spacial score (nSPS) is 16.4. The molecule has 0 saturated heterocycles. The Labute approximate surface area is 124 Å². The van der Waals surface area contributed by atoms with Crippen LogP contribution in [0.25, 0.3) is 0 Å². The van der Waals surface area contributed by atoms with Gasteiger partial charge in [0.15, 0.2) is 0 Å². The predicted octanol–water partition coefficient (Wildman–Crippen LogP) is 2.82. The van der Waals surface area contributed by atoms with Crippen LogP contribution in [-0.4, -0.2) is 35.5 Å². The van der Waals surface area contributed by atoms with Crippen molar-refractivity contribution in [3.63, 3.8) is 0 Å². The Balaban J connectivity index is 1.92. The Morgan fingerprint density at radius 2 is 2.25 bits per heavy atom. The van der Waals surface area contributed by atoms with Crippen LogP contribution >= 0.6 is 11.6 Å². The highest BCUT2D eigenvalue weighted by molar-refractivity contribution is 6.31. The molecule has 20 heavy (non-hydrogen) atoms. The predicted molar refractivity (Wildman–Crippen MR) is 80.1 cm³/mol. The first kappa shape index (κ1) is 15.2. The first-order valence-electron chi connectivity index (χ1n) is 6.85. The average Bonchev–Trinajstić information content (AvgIpc) is 3.23. The van der Waals surface area contributed by atoms with Crippen LogP contribution in [0.2, 0.25) is 5.02 Å². The average molecular weight is 298 g/mol. The number of nitro groups is 1. The van der Waals surface area contributed by atoms with E-state index in [0.717, 1.165) is 6.54 Å². The van der Waals surface area contributed by atoms with E-state index in [1.807, 2.05) is 0 Å². The molecule has 1 aliphatic carbocycles. The smallest absolute Gasteiger partial charge is 0.275 e. The molecule has 1 fully saturated rings. The zero-order valence-corrected chi connectivity index (χ0v) is 12.6. The van der Waals surface area contributed by atoms with E-state index in [-0.39, 0.29) is 10.6 Å². The number of nitro benzene ring substituents is 1. The second kappa shape index (κ2) is 6.52. The van der Waals surface area contributed by atoms with E-state index in [9.17, 15) is 10.1 Å². The molecule has 0 bridgehead atoms. The van der Waals surface area contributed by atoms with Crippen molar-refractivity contribution in [1.82, 2.24) is 10.2 Å². The van der Waals surface area contributed by atoms with Crippen LogP contribution in [0, 0.1) is 10.1 Å². The molecule has 1 aliphatic rings. The standard InChI is InChI=1S/C14H20ClN3O2/c1-10(17(2)11-6-7-11)8-16-9-12-13(15)4-3-5-14(12)18(19)20/h3-5,10-11,16H,6-9H2,1-2H3. The molecule has 1 unspecified atom stereocenters. The second-order valence-corrected chi connectivity index (χ2v) is 5.78. The molecule has 0 amide bonds. The van der Waals surface area contributed by atoms with Gasteiger partial charge in [0.1, 0.15) is 0 Å². The van der Waals surface area contributed by atoms with Crippen molar-refractivity contribution in [3.8, 4) is 0 Å². The molecular formula is C14H20ClN3O2. The number of likely N-dealkylation sites (N-methyl/N-ethyl adjacent to an activating group) is 1. The molecule has 1 aromatic carbocycles. The van der Waals surface area contributed by atoms with Gasteiger partial charge in [0.25, 0.3) is 5.69 Å². The lowest BCUT2D eigenvalue weighted by atomic mass is 10.1. The van der Waals surface area contributed by atoms with Crippen LogP contribution in [0.4, 0.5) is 5.69 Å². The van der Waals surface area contributed by atoms with Crippen molar-refractivity contribution in [3.05, 3.63) is 38.9 Å². The molecule has 1 aromatic rings. The van der Waals surface area contributed by atoms with Gasteiger partial charge in [-0.05, 0) is 32.9 Å². The van der Waals surface area contributed by atoms with Crippen LogP contribution in [0.3, 0.4) is 0 Å². The molecule has 0 spiro atoms. The fourth-order valence-corrected chi connectivity index (χ4v) is 2.52. The van der Waals surface area contributed by atoms with Crippen LogP contribution in [0.1, 0.15) is 25.3 Å². The van der Waals surface area contributed by atoms with Crippen LogP contribution < -0.4 is 5.32 Å². The topological polar surface area (TPSA) is 58.4 Å². The number of nitrogens with one attached hydrogen (secondary N) is 1. The highest BCUT2D eigenvalue weighted by atomic mass is 35.5. The fourth-order valence-electron chi connectivity index (χ4n) is 2.29. The Hall–Kier alpha value is -1.17. The molecule has 1 atom stereocenters. The monoisotopic (exact) mass is 297 g/mol. The lowest BCUT2D eigenvalue weighted by molar-refractivity contribution is -0.385. The first-order chi connectivity index (χ1) is 9.50. The maximum Gasteiger partial charge on any atom is 0.275 e. The number of hydrogen-bond donors (Lipinski definition) is 1. The van der Waals surface area contributed by atoms with Gasteiger partial charge in [-0.3, -0.25) is 15.0 Å². The molecule has 0 aromatic heterocycles. The number of nitrogens with zero attached hydrogens (tertiary/aromatic N) is 2. The summed E-state index contributed by atoms with van der Waals surface area (Å²) in [6, 6.07) is 5.90. The summed E-state index contributed by atoms with van der Waals surface area (Å²) in [6.45, 7) is 3.36. The van der Waals surface area contributed by atoms with Crippen molar-refractivity contribution >= 4 is 17.3 Å². The lowest BCUT2D eigenvalue weighted by Crippen LogP contribution is -2.39. The maximum absolute atomic E-state index is 11.0. The number of hydrogen-bond acceptors (Lipinski definition) is 4. The van der Waals surface area contributed by atoms with Gasteiger partial charge in [0.05, 0.1) is 15.5 Å². The van der Waals surface area contributed by atoms with Gasteiger partial charge in [0, 0.05) is 31.2 Å². The third-order valence-electron chi connectivity index (χ3n) is 3.85. The van der Waals surface area contributed by atoms with Gasteiger partial charge in [-0.25, -0.2) is 0 Å². The SMILES string of the molecule is CC(CNCc1c(Cl)cccc1[N+](=O)[O-])N(C)C1CC1. The third-order valence-corrected chi connectivity index (χ3v) is 4.20. The number of benzene rings is 1. The Bertz CT molecular complexity index is 491. The van der Waals surface area contributed by atoms with Crippen molar-refractivity contribution < 1.29 is 4.92 Å². The zero-order valence-electron chi connectivity index (χ0n) is 11.8. The molecule has 1 saturated carbocycles. The zero-order chi connectivity index (χ0) is 14.7. The van der Waals surface area contributed by atoms with Crippen LogP contribution in [-0.2, 0) is 6.54 Å². The molecule has 5 nitrogen and oxygen atoms in total. The Kier molecular flexibility index (Phi) is 4.96. The van der Waals surface area contributed by atoms with Crippen molar-refractivity contribution in [1.29, 1.82) is 0 Å². The van der Waals surface area contributed by atoms with Gasteiger partial charge in [0.2, 0.25) is 0 Å². The van der Waals surface area contributed by atoms with E-state index in [2.05, 4.69) is 24.2 Å². The molecule has 1 N–H and O–H groups in total. The fraction of sp³-hybridized carbons (Fsp3) is 0.571. The molecular weight excluding hydrogens is 278 g/mol. The van der Waals surface area contributed by atoms with Crippen LogP contribution in [0.15, 0.2) is 18.2 Å². The van der Waals surface area contributed by atoms with Gasteiger partial charge in [-0.15, -0.1) is 0 Å². The highest BCUT2D eigenvalue weighted by Crippen LogP contribution is 2.27. The summed E-state index contributed by atoms with van der Waals surface area (Å²) in [4.78, 5) is 13.0. The maximum atomic E-state index is 11.0. The Morgan fingerprint density at radius 1 is 1.55 bits per heavy atom. The number of rotatable bonds is 7. The van der Waals surface area contributed by atoms with E-state index in [0.29, 0.717) is 29.2 Å².